The third kappa shape index (κ3) is 5.07. The van der Waals surface area contributed by atoms with Gasteiger partial charge in [-0.05, 0) is 53.9 Å². The second-order valence-electron chi connectivity index (χ2n) is 8.38. The zero-order valence-electron chi connectivity index (χ0n) is 17.8. The highest BCUT2D eigenvalue weighted by Crippen LogP contribution is 2.46. The van der Waals surface area contributed by atoms with E-state index in [1.54, 1.807) is 0 Å². The van der Waals surface area contributed by atoms with E-state index in [4.69, 9.17) is 0 Å². The van der Waals surface area contributed by atoms with Crippen LogP contribution in [0.4, 0.5) is 0 Å². The molecule has 3 rings (SSSR count). The topological polar surface area (TPSA) is 12.0 Å². The molecule has 150 valence electrons. The van der Waals surface area contributed by atoms with Crippen LogP contribution >= 0.6 is 0 Å². The highest BCUT2D eigenvalue weighted by atomic mass is 14.9. The highest BCUT2D eigenvalue weighted by Gasteiger charge is 2.27. The van der Waals surface area contributed by atoms with Crippen LogP contribution in [0.15, 0.2) is 60.8 Å². The summed E-state index contributed by atoms with van der Waals surface area (Å²) in [6.07, 6.45) is 10.2. The number of allylic oxidation sites excluding steroid dienone is 1. The smallest absolute Gasteiger partial charge is 0.0143 e. The van der Waals surface area contributed by atoms with Gasteiger partial charge in [-0.2, -0.15) is 0 Å². The van der Waals surface area contributed by atoms with Crippen LogP contribution in [0.3, 0.4) is 0 Å². The monoisotopic (exact) mass is 375 g/mol. The van der Waals surface area contributed by atoms with Crippen LogP contribution in [-0.2, 0) is 0 Å². The van der Waals surface area contributed by atoms with Gasteiger partial charge < -0.3 is 5.32 Å². The predicted octanol–water partition coefficient (Wildman–Crippen LogP) is 7.68. The maximum atomic E-state index is 4.31. The van der Waals surface area contributed by atoms with Crippen molar-refractivity contribution < 1.29 is 0 Å². The summed E-state index contributed by atoms with van der Waals surface area (Å²) in [5, 5.41) is 3.60. The van der Waals surface area contributed by atoms with Crippen LogP contribution in [0.5, 0.6) is 0 Å². The van der Waals surface area contributed by atoms with Gasteiger partial charge in [-0.25, -0.2) is 0 Å². The molecule has 0 fully saturated rings. The largest absolute Gasteiger partial charge is 0.389 e. The SMILES string of the molecule is C=C(CCC1c2ccccc2-c2ccccc21)NCCCC(CCC)CCC. The van der Waals surface area contributed by atoms with E-state index in [9.17, 15) is 0 Å². The Balaban J connectivity index is 1.47. The quantitative estimate of drug-likeness (QED) is 0.375. The lowest BCUT2D eigenvalue weighted by Crippen LogP contribution is -2.16. The molecule has 1 heteroatoms. The first-order valence-corrected chi connectivity index (χ1v) is 11.3. The molecule has 0 saturated carbocycles. The van der Waals surface area contributed by atoms with Crippen molar-refractivity contribution in [1.82, 2.24) is 5.32 Å². The van der Waals surface area contributed by atoms with Crippen LogP contribution in [0.2, 0.25) is 0 Å². The molecular formula is C27H37N. The molecule has 2 aromatic carbocycles. The minimum atomic E-state index is 0.504. The summed E-state index contributed by atoms with van der Waals surface area (Å²) in [4.78, 5) is 0. The van der Waals surface area contributed by atoms with Crippen molar-refractivity contribution in [1.29, 1.82) is 0 Å². The Labute approximate surface area is 172 Å². The van der Waals surface area contributed by atoms with E-state index >= 15 is 0 Å². The maximum absolute atomic E-state index is 4.31. The molecule has 0 amide bonds. The lowest BCUT2D eigenvalue weighted by atomic mass is 9.91. The Morgan fingerprint density at radius 2 is 1.46 bits per heavy atom. The summed E-state index contributed by atoms with van der Waals surface area (Å²) in [5.74, 6) is 1.42. The van der Waals surface area contributed by atoms with Crippen molar-refractivity contribution in [2.45, 2.75) is 71.1 Å². The van der Waals surface area contributed by atoms with Gasteiger partial charge >= 0.3 is 0 Å². The van der Waals surface area contributed by atoms with Gasteiger partial charge in [0.15, 0.2) is 0 Å². The zero-order chi connectivity index (χ0) is 19.8. The van der Waals surface area contributed by atoms with E-state index in [0.29, 0.717) is 5.92 Å². The van der Waals surface area contributed by atoms with Gasteiger partial charge in [0.2, 0.25) is 0 Å². The molecule has 2 aromatic rings. The Kier molecular flexibility index (Phi) is 7.77. The van der Waals surface area contributed by atoms with Crippen LogP contribution in [0.1, 0.15) is 82.3 Å². The standard InChI is InChI=1S/C27H37N/c1-4-11-22(12-5-2)13-10-20-28-21(3)18-19-27-25-16-8-6-14-23(25)24-15-7-9-17-26(24)27/h6-9,14-17,22,27-28H,3-5,10-13,18-20H2,1-2H3. The molecule has 0 unspecified atom stereocenters. The van der Waals surface area contributed by atoms with Gasteiger partial charge in [0, 0.05) is 18.2 Å². The summed E-state index contributed by atoms with van der Waals surface area (Å²) in [6.45, 7) is 9.99. The fraction of sp³-hybridized carbons (Fsp3) is 0.481. The molecule has 0 aliphatic heterocycles. The molecule has 0 atom stereocenters. The Morgan fingerprint density at radius 1 is 0.893 bits per heavy atom. The maximum Gasteiger partial charge on any atom is 0.0143 e. The van der Waals surface area contributed by atoms with Crippen LogP contribution in [-0.4, -0.2) is 6.54 Å². The molecule has 0 heterocycles. The van der Waals surface area contributed by atoms with Gasteiger partial charge in [0.1, 0.15) is 0 Å². The van der Waals surface area contributed by atoms with Gasteiger partial charge in [-0.15, -0.1) is 0 Å². The number of nitrogens with one attached hydrogen (secondary N) is 1. The first kappa shape index (κ1) is 20.7. The average molecular weight is 376 g/mol. The van der Waals surface area contributed by atoms with E-state index < -0.39 is 0 Å². The van der Waals surface area contributed by atoms with Crippen molar-refractivity contribution in [2.75, 3.05) is 6.54 Å². The number of hydrogen-bond donors (Lipinski definition) is 1. The number of rotatable bonds is 12. The van der Waals surface area contributed by atoms with Crippen molar-refractivity contribution in [2.24, 2.45) is 5.92 Å². The highest BCUT2D eigenvalue weighted by molar-refractivity contribution is 5.78. The van der Waals surface area contributed by atoms with Crippen molar-refractivity contribution in [3.05, 3.63) is 71.9 Å². The van der Waals surface area contributed by atoms with E-state index in [-0.39, 0.29) is 0 Å². The Hall–Kier alpha value is -2.02. The average Bonchev–Trinajstić information content (AvgIpc) is 3.04. The van der Waals surface area contributed by atoms with E-state index in [1.807, 2.05) is 0 Å². The fourth-order valence-corrected chi connectivity index (χ4v) is 4.88. The van der Waals surface area contributed by atoms with Gasteiger partial charge in [-0.3, -0.25) is 0 Å². The molecular weight excluding hydrogens is 338 g/mol. The van der Waals surface area contributed by atoms with Gasteiger partial charge in [-0.1, -0.05) is 94.6 Å². The lowest BCUT2D eigenvalue weighted by Gasteiger charge is -2.17. The first-order chi connectivity index (χ1) is 13.7. The number of hydrogen-bond acceptors (Lipinski definition) is 1. The fourth-order valence-electron chi connectivity index (χ4n) is 4.88. The molecule has 0 spiro atoms. The normalized spacial score (nSPS) is 12.8. The van der Waals surface area contributed by atoms with E-state index in [0.717, 1.165) is 25.3 Å². The third-order valence-corrected chi connectivity index (χ3v) is 6.26. The molecule has 1 nitrogen and oxygen atoms in total. The molecule has 0 aromatic heterocycles. The number of fused-ring (bicyclic) bond motifs is 3. The van der Waals surface area contributed by atoms with E-state index in [1.165, 1.54) is 66.5 Å². The number of benzene rings is 2. The summed E-state index contributed by atoms with van der Waals surface area (Å²) < 4.78 is 0. The summed E-state index contributed by atoms with van der Waals surface area (Å²) >= 11 is 0. The summed E-state index contributed by atoms with van der Waals surface area (Å²) in [5.41, 5.74) is 7.00. The van der Waals surface area contributed by atoms with E-state index in [2.05, 4.69) is 74.3 Å². The van der Waals surface area contributed by atoms with Gasteiger partial charge in [0.25, 0.3) is 0 Å². The second kappa shape index (κ2) is 10.5. The van der Waals surface area contributed by atoms with Crippen molar-refractivity contribution in [3.63, 3.8) is 0 Å². The minimum Gasteiger partial charge on any atom is -0.389 e. The van der Waals surface area contributed by atoms with Crippen LogP contribution < -0.4 is 5.32 Å². The van der Waals surface area contributed by atoms with Crippen molar-refractivity contribution >= 4 is 0 Å². The second-order valence-corrected chi connectivity index (χ2v) is 8.38. The van der Waals surface area contributed by atoms with Crippen LogP contribution in [0.25, 0.3) is 11.1 Å². The molecule has 1 N–H and O–H groups in total. The molecule has 0 bridgehead atoms. The van der Waals surface area contributed by atoms with Crippen molar-refractivity contribution in [3.8, 4) is 11.1 Å². The summed E-state index contributed by atoms with van der Waals surface area (Å²) in [6, 6.07) is 17.8. The van der Waals surface area contributed by atoms with Gasteiger partial charge in [0.05, 0.1) is 0 Å². The minimum absolute atomic E-state index is 0.504. The Bertz CT molecular complexity index is 709. The molecule has 1 aliphatic rings. The first-order valence-electron chi connectivity index (χ1n) is 11.3. The third-order valence-electron chi connectivity index (χ3n) is 6.26. The van der Waals surface area contributed by atoms with Crippen LogP contribution in [0, 0.1) is 5.92 Å². The molecule has 28 heavy (non-hydrogen) atoms. The lowest BCUT2D eigenvalue weighted by molar-refractivity contribution is 0.397. The molecule has 0 saturated heterocycles. The summed E-state index contributed by atoms with van der Waals surface area (Å²) in [7, 11) is 0. The Morgan fingerprint density at radius 3 is 2.04 bits per heavy atom. The predicted molar refractivity (Wildman–Crippen MR) is 123 cm³/mol. The molecule has 0 radical (unpaired) electrons. The molecule has 1 aliphatic carbocycles. The zero-order valence-corrected chi connectivity index (χ0v) is 17.8.